The number of methoxy groups -OCH3 is 1. The number of hydrogen-bond acceptors (Lipinski definition) is 5. The maximum atomic E-state index is 14.5. The van der Waals surface area contributed by atoms with Crippen LogP contribution in [0.5, 0.6) is 5.75 Å². The van der Waals surface area contributed by atoms with Gasteiger partial charge in [-0.1, -0.05) is 32.6 Å². The maximum absolute atomic E-state index is 14.5. The molecule has 8 nitrogen and oxygen atoms in total. The standard InChI is InChI=1S/C25H28FN3O5S/c1-15-11-21(28-35(6,32)33)20(26)13-16(15)7-8-17-12-18(29-10-9-22(30)27-24(29)31)14-19(23(17)34-5)25(2,3)4/h11-14,28H,9-10H2,1-6H3,(H,27,30,31). The number of nitrogens with one attached hydrogen (secondary N) is 2. The Morgan fingerprint density at radius 1 is 1.11 bits per heavy atom. The molecule has 3 amide bonds. The molecule has 0 aliphatic carbocycles. The number of amides is 3. The Balaban J connectivity index is 2.13. The highest BCUT2D eigenvalue weighted by molar-refractivity contribution is 7.92. The fourth-order valence-electron chi connectivity index (χ4n) is 3.68. The molecular formula is C25H28FN3O5S. The van der Waals surface area contributed by atoms with E-state index in [9.17, 15) is 22.4 Å². The lowest BCUT2D eigenvalue weighted by Crippen LogP contribution is -2.49. The van der Waals surface area contributed by atoms with Crippen molar-refractivity contribution in [2.75, 3.05) is 29.5 Å². The highest BCUT2D eigenvalue weighted by Crippen LogP contribution is 2.38. The molecule has 3 rings (SSSR count). The average molecular weight is 502 g/mol. The van der Waals surface area contributed by atoms with Gasteiger partial charge in [0, 0.05) is 29.8 Å². The maximum Gasteiger partial charge on any atom is 0.328 e. The Morgan fingerprint density at radius 2 is 1.77 bits per heavy atom. The summed E-state index contributed by atoms with van der Waals surface area (Å²) >= 11 is 0. The largest absolute Gasteiger partial charge is 0.495 e. The van der Waals surface area contributed by atoms with E-state index in [0.29, 0.717) is 28.1 Å². The van der Waals surface area contributed by atoms with E-state index in [2.05, 4.69) is 21.9 Å². The molecule has 186 valence electrons. The topological polar surface area (TPSA) is 105 Å². The molecular weight excluding hydrogens is 473 g/mol. The summed E-state index contributed by atoms with van der Waals surface area (Å²) < 4.78 is 45.3. The van der Waals surface area contributed by atoms with E-state index < -0.39 is 21.9 Å². The van der Waals surface area contributed by atoms with Gasteiger partial charge >= 0.3 is 6.03 Å². The van der Waals surface area contributed by atoms with Crippen LogP contribution < -0.4 is 19.7 Å². The number of halogens is 1. The first kappa shape index (κ1) is 26.0. The first-order valence-electron chi connectivity index (χ1n) is 10.8. The zero-order chi connectivity index (χ0) is 26.1. The molecule has 2 aromatic rings. The number of urea groups is 1. The number of rotatable bonds is 4. The lowest BCUT2D eigenvalue weighted by atomic mass is 9.84. The van der Waals surface area contributed by atoms with Gasteiger partial charge in [-0.2, -0.15) is 0 Å². The van der Waals surface area contributed by atoms with E-state index >= 15 is 0 Å². The summed E-state index contributed by atoms with van der Waals surface area (Å²) in [6.07, 6.45) is 1.12. The lowest BCUT2D eigenvalue weighted by molar-refractivity contribution is -0.120. The molecule has 1 aliphatic rings. The highest BCUT2D eigenvalue weighted by Gasteiger charge is 2.28. The summed E-state index contributed by atoms with van der Waals surface area (Å²) in [6, 6.07) is 5.57. The van der Waals surface area contributed by atoms with Crippen molar-refractivity contribution in [3.8, 4) is 17.6 Å². The number of imide groups is 1. The number of ether oxygens (including phenoxy) is 1. The number of nitrogens with zero attached hydrogens (tertiary/aromatic N) is 1. The van der Waals surface area contributed by atoms with E-state index in [4.69, 9.17) is 4.74 Å². The second-order valence-corrected chi connectivity index (χ2v) is 11.1. The van der Waals surface area contributed by atoms with Crippen LogP contribution in [0.2, 0.25) is 0 Å². The van der Waals surface area contributed by atoms with Crippen molar-refractivity contribution in [3.05, 3.63) is 52.3 Å². The van der Waals surface area contributed by atoms with Crippen LogP contribution >= 0.6 is 0 Å². The molecule has 1 saturated heterocycles. The predicted octanol–water partition coefficient (Wildman–Crippen LogP) is 3.66. The number of aryl methyl sites for hydroxylation is 1. The molecule has 2 N–H and O–H groups in total. The van der Waals surface area contributed by atoms with E-state index in [1.54, 1.807) is 13.0 Å². The Bertz CT molecular complexity index is 1370. The van der Waals surface area contributed by atoms with E-state index in [-0.39, 0.29) is 30.0 Å². The Labute approximate surface area is 204 Å². The summed E-state index contributed by atoms with van der Waals surface area (Å²) in [5.41, 5.74) is 2.27. The van der Waals surface area contributed by atoms with Crippen LogP contribution in [0.15, 0.2) is 24.3 Å². The molecule has 0 atom stereocenters. The molecule has 0 radical (unpaired) electrons. The molecule has 1 heterocycles. The van der Waals surface area contributed by atoms with Crippen LogP contribution in [0, 0.1) is 24.6 Å². The van der Waals surface area contributed by atoms with Gasteiger partial charge in [0.2, 0.25) is 15.9 Å². The van der Waals surface area contributed by atoms with Crippen molar-refractivity contribution in [2.45, 2.75) is 39.5 Å². The first-order valence-corrected chi connectivity index (χ1v) is 12.7. The van der Waals surface area contributed by atoms with Crippen LogP contribution in [0.25, 0.3) is 0 Å². The van der Waals surface area contributed by atoms with Gasteiger partial charge in [-0.15, -0.1) is 0 Å². The molecule has 0 aromatic heterocycles. The number of carbonyl (C=O) groups is 2. The van der Waals surface area contributed by atoms with Gasteiger partial charge in [0.05, 0.1) is 24.6 Å². The molecule has 0 spiro atoms. The summed E-state index contributed by atoms with van der Waals surface area (Å²) in [4.78, 5) is 25.5. The van der Waals surface area contributed by atoms with Crippen LogP contribution in [0.4, 0.5) is 20.6 Å². The molecule has 35 heavy (non-hydrogen) atoms. The zero-order valence-electron chi connectivity index (χ0n) is 20.5. The third-order valence-electron chi connectivity index (χ3n) is 5.39. The molecule has 0 bridgehead atoms. The van der Waals surface area contributed by atoms with Crippen molar-refractivity contribution in [2.24, 2.45) is 0 Å². The minimum atomic E-state index is -3.64. The van der Waals surface area contributed by atoms with Crippen molar-refractivity contribution >= 4 is 33.3 Å². The summed E-state index contributed by atoms with van der Waals surface area (Å²) in [5, 5.41) is 2.32. The molecule has 2 aromatic carbocycles. The molecule has 1 aliphatic heterocycles. The number of sulfonamides is 1. The number of anilines is 2. The van der Waals surface area contributed by atoms with E-state index in [1.165, 1.54) is 24.1 Å². The van der Waals surface area contributed by atoms with Gasteiger partial charge in [0.15, 0.2) is 0 Å². The van der Waals surface area contributed by atoms with Crippen LogP contribution in [-0.2, 0) is 20.2 Å². The third-order valence-corrected chi connectivity index (χ3v) is 5.98. The van der Waals surface area contributed by atoms with Crippen molar-refractivity contribution in [1.29, 1.82) is 0 Å². The van der Waals surface area contributed by atoms with Gasteiger partial charge in [-0.25, -0.2) is 17.6 Å². The summed E-state index contributed by atoms with van der Waals surface area (Å²) in [6.45, 7) is 7.92. The smallest absolute Gasteiger partial charge is 0.328 e. The Hall–Kier alpha value is -3.58. The summed E-state index contributed by atoms with van der Waals surface area (Å²) in [7, 11) is -2.11. The fourth-order valence-corrected chi connectivity index (χ4v) is 4.23. The second kappa shape index (κ2) is 9.58. The first-order chi connectivity index (χ1) is 16.2. The van der Waals surface area contributed by atoms with Gasteiger partial charge in [0.25, 0.3) is 0 Å². The highest BCUT2D eigenvalue weighted by atomic mass is 32.2. The fraction of sp³-hybridized carbons (Fsp3) is 0.360. The van der Waals surface area contributed by atoms with Gasteiger partial charge < -0.3 is 4.74 Å². The Kier molecular flexibility index (Phi) is 7.13. The number of benzene rings is 2. The van der Waals surface area contributed by atoms with E-state index in [1.807, 2.05) is 26.8 Å². The van der Waals surface area contributed by atoms with Crippen molar-refractivity contribution in [1.82, 2.24) is 5.32 Å². The molecule has 10 heteroatoms. The predicted molar refractivity (Wildman–Crippen MR) is 133 cm³/mol. The zero-order valence-corrected chi connectivity index (χ0v) is 21.3. The average Bonchev–Trinajstić information content (AvgIpc) is 2.72. The normalized spacial score (nSPS) is 14.2. The Morgan fingerprint density at radius 3 is 2.34 bits per heavy atom. The quantitative estimate of drug-likeness (QED) is 0.623. The molecule has 0 unspecified atom stereocenters. The number of hydrogen-bond donors (Lipinski definition) is 2. The van der Waals surface area contributed by atoms with Gasteiger partial charge in [0.1, 0.15) is 11.6 Å². The minimum absolute atomic E-state index is 0.157. The second-order valence-electron chi connectivity index (χ2n) is 9.35. The van der Waals surface area contributed by atoms with Crippen LogP contribution in [0.1, 0.15) is 49.4 Å². The van der Waals surface area contributed by atoms with Crippen LogP contribution in [0.3, 0.4) is 0 Å². The SMILES string of the molecule is COc1c(C#Cc2cc(F)c(NS(C)(=O)=O)cc2C)cc(N2CCC(=O)NC2=O)cc1C(C)(C)C. The van der Waals surface area contributed by atoms with Gasteiger partial charge in [-0.3, -0.25) is 19.7 Å². The van der Waals surface area contributed by atoms with Gasteiger partial charge in [-0.05, 0) is 42.2 Å². The lowest BCUT2D eigenvalue weighted by Gasteiger charge is -2.30. The van der Waals surface area contributed by atoms with Crippen LogP contribution in [-0.4, -0.2) is 40.3 Å². The van der Waals surface area contributed by atoms with E-state index in [0.717, 1.165) is 11.8 Å². The monoisotopic (exact) mass is 501 g/mol. The molecule has 1 fully saturated rings. The molecule has 0 saturated carbocycles. The third kappa shape index (κ3) is 6.11. The van der Waals surface area contributed by atoms with Crippen molar-refractivity contribution in [3.63, 3.8) is 0 Å². The number of carbonyl (C=O) groups excluding carboxylic acids is 2. The summed E-state index contributed by atoms with van der Waals surface area (Å²) in [5.74, 6) is 5.41. The minimum Gasteiger partial charge on any atom is -0.495 e. The van der Waals surface area contributed by atoms with Crippen molar-refractivity contribution < 1.29 is 27.1 Å².